The fraction of sp³-hybridized carbons (Fsp3) is 0.200. The van der Waals surface area contributed by atoms with Crippen molar-refractivity contribution in [1.29, 1.82) is 0 Å². The van der Waals surface area contributed by atoms with E-state index in [2.05, 4.69) is 10.1 Å². The van der Waals surface area contributed by atoms with Gasteiger partial charge in [-0.25, -0.2) is 0 Å². The molecule has 158 valence electrons. The zero-order valence-corrected chi connectivity index (χ0v) is 18.5. The molecule has 0 radical (unpaired) electrons. The number of hydrogen-bond acceptors (Lipinski definition) is 6. The summed E-state index contributed by atoms with van der Waals surface area (Å²) >= 11 is 23.5. The normalized spacial score (nSPS) is 10.5. The maximum atomic E-state index is 6.24. The second-order valence-electron chi connectivity index (χ2n) is 5.85. The van der Waals surface area contributed by atoms with Crippen LogP contribution in [0.5, 0.6) is 17.2 Å². The van der Waals surface area contributed by atoms with Gasteiger partial charge in [-0.3, -0.25) is 0 Å². The van der Waals surface area contributed by atoms with Crippen LogP contribution in [-0.4, -0.2) is 30.0 Å². The Morgan fingerprint density at radius 1 is 0.933 bits per heavy atom. The zero-order valence-electron chi connectivity index (χ0n) is 15.5. The third kappa shape index (κ3) is 6.71. The van der Waals surface area contributed by atoms with E-state index in [9.17, 15) is 0 Å². The Kier molecular flexibility index (Phi) is 8.51. The van der Waals surface area contributed by atoms with E-state index < -0.39 is 0 Å². The summed E-state index contributed by atoms with van der Waals surface area (Å²) in [6.45, 7) is 1.04. The first kappa shape index (κ1) is 22.6. The number of nitrogens with zero attached hydrogens (tertiary/aromatic N) is 2. The molecule has 6 nitrogen and oxygen atoms in total. The highest BCUT2D eigenvalue weighted by Crippen LogP contribution is 2.37. The standard InChI is InChI=1S/C20H16Cl4N2O4/c21-16-10-15(28-9-6-18(23)24)11-17(22)19(16)29-8-1-7-27-14-4-2-13(3-5-14)20-25-12-30-26-20/h2-6,10-12H,1,7-9H2. The van der Waals surface area contributed by atoms with Crippen molar-refractivity contribution in [1.82, 2.24) is 10.1 Å². The molecule has 0 aliphatic rings. The van der Waals surface area contributed by atoms with Crippen LogP contribution in [0.3, 0.4) is 0 Å². The molecule has 10 heteroatoms. The maximum Gasteiger partial charge on any atom is 0.214 e. The van der Waals surface area contributed by atoms with Crippen LogP contribution in [0.2, 0.25) is 10.0 Å². The molecule has 0 saturated heterocycles. The number of aromatic nitrogens is 2. The summed E-state index contributed by atoms with van der Waals surface area (Å²) in [7, 11) is 0. The largest absolute Gasteiger partial charge is 0.493 e. The first-order chi connectivity index (χ1) is 14.5. The summed E-state index contributed by atoms with van der Waals surface area (Å²) in [5.74, 6) is 2.13. The molecule has 1 aromatic heterocycles. The van der Waals surface area contributed by atoms with Gasteiger partial charge in [0.25, 0.3) is 0 Å². The molecule has 0 amide bonds. The third-order valence-corrected chi connectivity index (χ3v) is 4.61. The van der Waals surface area contributed by atoms with Crippen LogP contribution in [0.4, 0.5) is 0 Å². The molecular formula is C20H16Cl4N2O4. The molecule has 0 saturated carbocycles. The predicted molar refractivity (Wildman–Crippen MR) is 117 cm³/mol. The van der Waals surface area contributed by atoms with Crippen molar-refractivity contribution in [3.8, 4) is 28.6 Å². The van der Waals surface area contributed by atoms with Gasteiger partial charge < -0.3 is 18.7 Å². The lowest BCUT2D eigenvalue weighted by Gasteiger charge is -2.12. The highest BCUT2D eigenvalue weighted by molar-refractivity contribution is 6.55. The Labute approximate surface area is 193 Å². The van der Waals surface area contributed by atoms with Gasteiger partial charge >= 0.3 is 0 Å². The molecule has 0 fully saturated rings. The van der Waals surface area contributed by atoms with E-state index in [-0.39, 0.29) is 11.1 Å². The average Bonchev–Trinajstić information content (AvgIpc) is 3.24. The van der Waals surface area contributed by atoms with Crippen molar-refractivity contribution in [2.75, 3.05) is 19.8 Å². The Morgan fingerprint density at radius 3 is 2.27 bits per heavy atom. The van der Waals surface area contributed by atoms with Gasteiger partial charge in [0.1, 0.15) is 22.6 Å². The van der Waals surface area contributed by atoms with Crippen LogP contribution in [0, 0.1) is 0 Å². The van der Waals surface area contributed by atoms with E-state index in [1.54, 1.807) is 12.1 Å². The lowest BCUT2D eigenvalue weighted by atomic mass is 10.2. The molecule has 0 aliphatic carbocycles. The van der Waals surface area contributed by atoms with Gasteiger partial charge in [0, 0.05) is 24.1 Å². The van der Waals surface area contributed by atoms with Crippen molar-refractivity contribution in [3.05, 3.63) is 63.4 Å². The number of ether oxygens (including phenoxy) is 3. The Morgan fingerprint density at radius 2 is 1.63 bits per heavy atom. The second kappa shape index (κ2) is 11.3. The molecule has 2 aromatic carbocycles. The molecule has 0 aliphatic heterocycles. The molecule has 30 heavy (non-hydrogen) atoms. The minimum Gasteiger partial charge on any atom is -0.493 e. The van der Waals surface area contributed by atoms with E-state index in [0.717, 1.165) is 11.3 Å². The van der Waals surface area contributed by atoms with Crippen LogP contribution in [0.15, 0.2) is 57.9 Å². The summed E-state index contributed by atoms with van der Waals surface area (Å²) in [6, 6.07) is 10.6. The number of halogens is 4. The summed E-state index contributed by atoms with van der Waals surface area (Å²) in [5, 5.41) is 4.47. The monoisotopic (exact) mass is 488 g/mol. The molecular weight excluding hydrogens is 474 g/mol. The SMILES string of the molecule is ClC(Cl)=CCOc1cc(Cl)c(OCCCOc2ccc(-c3ncon3)cc2)c(Cl)c1. The topological polar surface area (TPSA) is 66.6 Å². The molecule has 3 rings (SSSR count). The van der Waals surface area contributed by atoms with Gasteiger partial charge in [0.2, 0.25) is 12.2 Å². The highest BCUT2D eigenvalue weighted by atomic mass is 35.5. The predicted octanol–water partition coefficient (Wildman–Crippen LogP) is 6.59. The minimum absolute atomic E-state index is 0.122. The molecule has 0 unspecified atom stereocenters. The van der Waals surface area contributed by atoms with Crippen LogP contribution >= 0.6 is 46.4 Å². The smallest absolute Gasteiger partial charge is 0.214 e. The maximum absolute atomic E-state index is 6.24. The van der Waals surface area contributed by atoms with E-state index in [4.69, 9.17) is 65.1 Å². The van der Waals surface area contributed by atoms with Crippen LogP contribution < -0.4 is 14.2 Å². The molecule has 3 aromatic rings. The lowest BCUT2D eigenvalue weighted by molar-refractivity contribution is 0.247. The summed E-state index contributed by atoms with van der Waals surface area (Å²) in [5.41, 5.74) is 0.845. The minimum atomic E-state index is 0.122. The zero-order chi connectivity index (χ0) is 21.3. The van der Waals surface area contributed by atoms with Gasteiger partial charge in [0.05, 0.1) is 23.3 Å². The fourth-order valence-corrected chi connectivity index (χ4v) is 3.08. The first-order valence-electron chi connectivity index (χ1n) is 8.78. The van der Waals surface area contributed by atoms with E-state index in [0.29, 0.717) is 47.0 Å². The van der Waals surface area contributed by atoms with Crippen LogP contribution in [0.1, 0.15) is 6.42 Å². The number of hydrogen-bond donors (Lipinski definition) is 0. The van der Waals surface area contributed by atoms with Crippen molar-refractivity contribution in [3.63, 3.8) is 0 Å². The third-order valence-electron chi connectivity index (χ3n) is 3.74. The van der Waals surface area contributed by atoms with E-state index >= 15 is 0 Å². The van der Waals surface area contributed by atoms with Gasteiger partial charge in [-0.2, -0.15) is 4.98 Å². The van der Waals surface area contributed by atoms with Crippen molar-refractivity contribution < 1.29 is 18.7 Å². The van der Waals surface area contributed by atoms with Crippen molar-refractivity contribution in [2.24, 2.45) is 0 Å². The Hall–Kier alpha value is -2.12. The molecule has 0 N–H and O–H groups in total. The average molecular weight is 490 g/mol. The van der Waals surface area contributed by atoms with Crippen molar-refractivity contribution in [2.45, 2.75) is 6.42 Å². The van der Waals surface area contributed by atoms with Gasteiger partial charge in [-0.1, -0.05) is 51.6 Å². The second-order valence-corrected chi connectivity index (χ2v) is 7.67. The highest BCUT2D eigenvalue weighted by Gasteiger charge is 2.11. The fourth-order valence-electron chi connectivity index (χ4n) is 2.38. The Bertz CT molecular complexity index is 952. The molecule has 0 bridgehead atoms. The number of rotatable bonds is 10. The molecule has 1 heterocycles. The van der Waals surface area contributed by atoms with Crippen molar-refractivity contribution >= 4 is 46.4 Å². The quantitative estimate of drug-likeness (QED) is 0.299. The lowest BCUT2D eigenvalue weighted by Crippen LogP contribution is -2.05. The van der Waals surface area contributed by atoms with Gasteiger partial charge in [0.15, 0.2) is 5.75 Å². The van der Waals surface area contributed by atoms with E-state index in [1.165, 1.54) is 12.5 Å². The first-order valence-corrected chi connectivity index (χ1v) is 10.3. The van der Waals surface area contributed by atoms with Gasteiger partial charge in [-0.05, 0) is 30.3 Å². The number of benzene rings is 2. The van der Waals surface area contributed by atoms with Gasteiger partial charge in [-0.15, -0.1) is 0 Å². The van der Waals surface area contributed by atoms with E-state index in [1.807, 2.05) is 24.3 Å². The Balaban J connectivity index is 1.43. The summed E-state index contributed by atoms with van der Waals surface area (Å²) in [6.07, 6.45) is 3.43. The summed E-state index contributed by atoms with van der Waals surface area (Å²) < 4.78 is 21.7. The van der Waals surface area contributed by atoms with Crippen LogP contribution in [-0.2, 0) is 0 Å². The summed E-state index contributed by atoms with van der Waals surface area (Å²) in [4.78, 5) is 3.99. The molecule has 0 atom stereocenters. The molecule has 0 spiro atoms. The van der Waals surface area contributed by atoms with Crippen LogP contribution in [0.25, 0.3) is 11.4 Å².